The minimum atomic E-state index is -0.144. The third-order valence-corrected chi connectivity index (χ3v) is 5.52. The highest BCUT2D eigenvalue weighted by Crippen LogP contribution is 2.27. The van der Waals surface area contributed by atoms with Gasteiger partial charge in [0.15, 0.2) is 0 Å². The quantitative estimate of drug-likeness (QED) is 0.793. The fraction of sp³-hybridized carbons (Fsp3) is 0.350. The molecule has 1 amide bonds. The number of nitrogens with zero attached hydrogens (tertiary/aromatic N) is 2. The molecule has 144 valence electrons. The van der Waals surface area contributed by atoms with Crippen LogP contribution in [0.15, 0.2) is 42.5 Å². The lowest BCUT2D eigenvalue weighted by Crippen LogP contribution is -2.49. The lowest BCUT2D eigenvalue weighted by Gasteiger charge is -2.36. The molecule has 0 unspecified atom stereocenters. The van der Waals surface area contributed by atoms with Crippen LogP contribution in [0.3, 0.4) is 0 Å². The number of halogens is 2. The SMILES string of the molecule is C[C@@H](NC(=O)CN1CCN(c2ccccc2O)CC1)c1ccc(Cl)c(Cl)c1. The van der Waals surface area contributed by atoms with E-state index in [1.165, 1.54) is 0 Å². The van der Waals surface area contributed by atoms with E-state index in [2.05, 4.69) is 15.1 Å². The number of hydrogen-bond acceptors (Lipinski definition) is 4. The Morgan fingerprint density at radius 2 is 1.81 bits per heavy atom. The van der Waals surface area contributed by atoms with E-state index in [1.807, 2.05) is 31.2 Å². The molecule has 1 aliphatic heterocycles. The molecule has 1 saturated heterocycles. The van der Waals surface area contributed by atoms with Gasteiger partial charge in [0.1, 0.15) is 5.75 Å². The zero-order chi connectivity index (χ0) is 19.4. The number of aromatic hydroxyl groups is 1. The van der Waals surface area contributed by atoms with Crippen molar-refractivity contribution in [3.05, 3.63) is 58.1 Å². The molecule has 5 nitrogen and oxygen atoms in total. The molecular formula is C20H23Cl2N3O2. The number of rotatable bonds is 5. The molecule has 0 radical (unpaired) electrons. The van der Waals surface area contributed by atoms with Crippen LogP contribution in [-0.2, 0) is 4.79 Å². The van der Waals surface area contributed by atoms with Gasteiger partial charge in [0.25, 0.3) is 0 Å². The summed E-state index contributed by atoms with van der Waals surface area (Å²) in [5.74, 6) is 0.267. The molecule has 0 aromatic heterocycles. The summed E-state index contributed by atoms with van der Waals surface area (Å²) in [5, 5.41) is 14.0. The van der Waals surface area contributed by atoms with Gasteiger partial charge in [-0.3, -0.25) is 9.69 Å². The van der Waals surface area contributed by atoms with Crippen LogP contribution in [0.4, 0.5) is 5.69 Å². The lowest BCUT2D eigenvalue weighted by molar-refractivity contribution is -0.123. The maximum Gasteiger partial charge on any atom is 0.234 e. The molecule has 2 aromatic carbocycles. The van der Waals surface area contributed by atoms with Crippen LogP contribution in [0.5, 0.6) is 5.75 Å². The fourth-order valence-corrected chi connectivity index (χ4v) is 3.54. The third-order valence-electron chi connectivity index (χ3n) is 4.78. The zero-order valence-electron chi connectivity index (χ0n) is 15.2. The number of carbonyl (C=O) groups is 1. The summed E-state index contributed by atoms with van der Waals surface area (Å²) in [6, 6.07) is 12.6. The first kappa shape index (κ1) is 19.8. The Bertz CT molecular complexity index is 808. The van der Waals surface area contributed by atoms with Crippen molar-refractivity contribution in [1.82, 2.24) is 10.2 Å². The van der Waals surface area contributed by atoms with Crippen LogP contribution in [0.2, 0.25) is 10.0 Å². The van der Waals surface area contributed by atoms with Crippen LogP contribution in [0.1, 0.15) is 18.5 Å². The van der Waals surface area contributed by atoms with E-state index in [0.717, 1.165) is 37.4 Å². The zero-order valence-corrected chi connectivity index (χ0v) is 16.7. The van der Waals surface area contributed by atoms with Crippen molar-refractivity contribution in [2.45, 2.75) is 13.0 Å². The number of amides is 1. The monoisotopic (exact) mass is 407 g/mol. The molecule has 0 spiro atoms. The lowest BCUT2D eigenvalue weighted by atomic mass is 10.1. The highest BCUT2D eigenvalue weighted by Gasteiger charge is 2.21. The summed E-state index contributed by atoms with van der Waals surface area (Å²) in [4.78, 5) is 16.6. The molecule has 7 heteroatoms. The minimum Gasteiger partial charge on any atom is -0.506 e. The van der Waals surface area contributed by atoms with Gasteiger partial charge in [0.2, 0.25) is 5.91 Å². The summed E-state index contributed by atoms with van der Waals surface area (Å²) < 4.78 is 0. The predicted molar refractivity (Wildman–Crippen MR) is 110 cm³/mol. The molecule has 1 fully saturated rings. The van der Waals surface area contributed by atoms with E-state index in [1.54, 1.807) is 18.2 Å². The number of benzene rings is 2. The average molecular weight is 408 g/mol. The van der Waals surface area contributed by atoms with Gasteiger partial charge in [0, 0.05) is 26.2 Å². The number of para-hydroxylation sites is 2. The molecule has 3 rings (SSSR count). The smallest absolute Gasteiger partial charge is 0.234 e. The largest absolute Gasteiger partial charge is 0.506 e. The van der Waals surface area contributed by atoms with E-state index in [9.17, 15) is 9.90 Å². The average Bonchev–Trinajstić information content (AvgIpc) is 2.65. The Balaban J connectivity index is 1.49. The first-order chi connectivity index (χ1) is 12.9. The fourth-order valence-electron chi connectivity index (χ4n) is 3.23. The minimum absolute atomic E-state index is 0.0235. The number of anilines is 1. The second-order valence-electron chi connectivity index (χ2n) is 6.71. The Morgan fingerprint density at radius 1 is 1.11 bits per heavy atom. The van der Waals surface area contributed by atoms with Crippen molar-refractivity contribution in [3.63, 3.8) is 0 Å². The molecule has 1 aliphatic rings. The van der Waals surface area contributed by atoms with Gasteiger partial charge >= 0.3 is 0 Å². The first-order valence-electron chi connectivity index (χ1n) is 8.93. The normalized spacial score (nSPS) is 16.2. The van der Waals surface area contributed by atoms with Gasteiger partial charge in [0.05, 0.1) is 28.3 Å². The molecule has 27 heavy (non-hydrogen) atoms. The molecule has 2 N–H and O–H groups in total. The summed E-state index contributed by atoms with van der Waals surface area (Å²) in [6.45, 7) is 5.35. The van der Waals surface area contributed by atoms with E-state index in [-0.39, 0.29) is 11.9 Å². The van der Waals surface area contributed by atoms with Crippen molar-refractivity contribution in [3.8, 4) is 5.75 Å². The number of piperazine rings is 1. The van der Waals surface area contributed by atoms with Crippen LogP contribution in [0, 0.1) is 0 Å². The van der Waals surface area contributed by atoms with Gasteiger partial charge in [-0.2, -0.15) is 0 Å². The Hall–Kier alpha value is -1.95. The van der Waals surface area contributed by atoms with Crippen LogP contribution in [-0.4, -0.2) is 48.6 Å². The summed E-state index contributed by atoms with van der Waals surface area (Å²) in [5.41, 5.74) is 1.76. The molecule has 0 saturated carbocycles. The van der Waals surface area contributed by atoms with Gasteiger partial charge < -0.3 is 15.3 Å². The number of hydrogen-bond donors (Lipinski definition) is 2. The van der Waals surface area contributed by atoms with Gasteiger partial charge in [-0.25, -0.2) is 0 Å². The van der Waals surface area contributed by atoms with Crippen molar-refractivity contribution < 1.29 is 9.90 Å². The summed E-state index contributed by atoms with van der Waals surface area (Å²) >= 11 is 12.0. The number of carbonyl (C=O) groups excluding carboxylic acids is 1. The number of nitrogens with one attached hydrogen (secondary N) is 1. The molecular weight excluding hydrogens is 385 g/mol. The van der Waals surface area contributed by atoms with Crippen molar-refractivity contribution in [1.29, 1.82) is 0 Å². The van der Waals surface area contributed by atoms with Gasteiger partial charge in [-0.05, 0) is 36.8 Å². The van der Waals surface area contributed by atoms with Crippen molar-refractivity contribution in [2.24, 2.45) is 0 Å². The van der Waals surface area contributed by atoms with E-state index in [0.29, 0.717) is 22.3 Å². The van der Waals surface area contributed by atoms with Crippen LogP contribution in [0.25, 0.3) is 0 Å². The highest BCUT2D eigenvalue weighted by molar-refractivity contribution is 6.42. The Kier molecular flexibility index (Phi) is 6.47. The van der Waals surface area contributed by atoms with E-state index in [4.69, 9.17) is 23.2 Å². The van der Waals surface area contributed by atoms with E-state index >= 15 is 0 Å². The maximum absolute atomic E-state index is 12.4. The third kappa shape index (κ3) is 5.06. The van der Waals surface area contributed by atoms with Gasteiger partial charge in [-0.1, -0.05) is 41.4 Å². The molecule has 2 aromatic rings. The molecule has 1 heterocycles. The maximum atomic E-state index is 12.4. The standard InChI is InChI=1S/C20H23Cl2N3O2/c1-14(15-6-7-16(21)17(22)12-15)23-20(27)13-24-8-10-25(11-9-24)18-4-2-3-5-19(18)26/h2-7,12,14,26H,8-11,13H2,1H3,(H,23,27)/t14-/m1/s1. The molecule has 0 aliphatic carbocycles. The Labute approximate surface area is 169 Å². The van der Waals surface area contributed by atoms with E-state index < -0.39 is 0 Å². The van der Waals surface area contributed by atoms with Gasteiger partial charge in [-0.15, -0.1) is 0 Å². The first-order valence-corrected chi connectivity index (χ1v) is 9.69. The van der Waals surface area contributed by atoms with Crippen LogP contribution < -0.4 is 10.2 Å². The topological polar surface area (TPSA) is 55.8 Å². The second kappa shape index (κ2) is 8.83. The van der Waals surface area contributed by atoms with Crippen LogP contribution >= 0.6 is 23.2 Å². The Morgan fingerprint density at radius 3 is 2.48 bits per heavy atom. The summed E-state index contributed by atoms with van der Waals surface area (Å²) in [6.07, 6.45) is 0. The molecule has 0 bridgehead atoms. The molecule has 1 atom stereocenters. The predicted octanol–water partition coefficient (Wildman–Crippen LogP) is 3.70. The summed E-state index contributed by atoms with van der Waals surface area (Å²) in [7, 11) is 0. The number of phenolic OH excluding ortho intramolecular Hbond substituents is 1. The highest BCUT2D eigenvalue weighted by atomic mass is 35.5. The second-order valence-corrected chi connectivity index (χ2v) is 7.53. The number of phenols is 1. The van der Waals surface area contributed by atoms with Crippen molar-refractivity contribution in [2.75, 3.05) is 37.6 Å². The van der Waals surface area contributed by atoms with Crippen molar-refractivity contribution >= 4 is 34.8 Å².